The largest absolute Gasteiger partial charge is 0.336 e. The maximum Gasteiger partial charge on any atom is 0.321 e. The third-order valence-electron chi connectivity index (χ3n) is 5.99. The highest BCUT2D eigenvalue weighted by molar-refractivity contribution is 5.93. The smallest absolute Gasteiger partial charge is 0.321 e. The second-order valence-electron chi connectivity index (χ2n) is 8.09. The van der Waals surface area contributed by atoms with Crippen molar-refractivity contribution in [3.8, 4) is 0 Å². The molecule has 0 bridgehead atoms. The zero-order chi connectivity index (χ0) is 20.2. The first-order valence-electron chi connectivity index (χ1n) is 10.4. The van der Waals surface area contributed by atoms with E-state index in [0.717, 1.165) is 50.3 Å². The number of carbonyl (C=O) groups is 1. The predicted octanol–water partition coefficient (Wildman–Crippen LogP) is 3.45. The standard InChI is InChI=1S/C23H29FN4O/c1-26(15-18-8-10-20(11-9-18)28-14-12-25-23(28)29)21-6-4-13-27(17-21)16-19-5-2-3-7-22(19)24/h2-3,5,7-11,21H,4,6,12-17H2,1H3,(H,25,29)/t21-/m1/s1. The summed E-state index contributed by atoms with van der Waals surface area (Å²) in [6, 6.07) is 15.8. The first-order chi connectivity index (χ1) is 14.1. The molecule has 2 aromatic carbocycles. The molecule has 0 saturated carbocycles. The summed E-state index contributed by atoms with van der Waals surface area (Å²) in [5, 5.41) is 2.83. The summed E-state index contributed by atoms with van der Waals surface area (Å²) in [5.74, 6) is -0.116. The Kier molecular flexibility index (Phi) is 6.11. The monoisotopic (exact) mass is 396 g/mol. The first kappa shape index (κ1) is 19.9. The molecule has 4 rings (SSSR count). The average molecular weight is 397 g/mol. The van der Waals surface area contributed by atoms with E-state index in [1.165, 1.54) is 5.56 Å². The van der Waals surface area contributed by atoms with Crippen LogP contribution in [0.1, 0.15) is 24.0 Å². The van der Waals surface area contributed by atoms with Crippen LogP contribution in [-0.4, -0.2) is 55.1 Å². The van der Waals surface area contributed by atoms with E-state index in [1.807, 2.05) is 24.3 Å². The van der Waals surface area contributed by atoms with E-state index in [2.05, 4.69) is 34.3 Å². The number of benzene rings is 2. The third kappa shape index (κ3) is 4.77. The highest BCUT2D eigenvalue weighted by Crippen LogP contribution is 2.22. The Morgan fingerprint density at radius 1 is 1.14 bits per heavy atom. The van der Waals surface area contributed by atoms with Crippen molar-refractivity contribution in [2.75, 3.05) is 38.1 Å². The summed E-state index contributed by atoms with van der Waals surface area (Å²) in [7, 11) is 2.17. The summed E-state index contributed by atoms with van der Waals surface area (Å²) in [4.78, 5) is 18.3. The molecule has 2 heterocycles. The van der Waals surface area contributed by atoms with Crippen LogP contribution in [0.4, 0.5) is 14.9 Å². The summed E-state index contributed by atoms with van der Waals surface area (Å²) in [6.07, 6.45) is 2.29. The van der Waals surface area contributed by atoms with Crippen molar-refractivity contribution >= 4 is 11.7 Å². The zero-order valence-corrected chi connectivity index (χ0v) is 17.0. The zero-order valence-electron chi connectivity index (χ0n) is 17.0. The molecule has 0 unspecified atom stereocenters. The van der Waals surface area contributed by atoms with E-state index in [-0.39, 0.29) is 11.8 Å². The number of piperidine rings is 1. The molecule has 154 valence electrons. The Hall–Kier alpha value is -2.44. The van der Waals surface area contributed by atoms with Gasteiger partial charge in [0.2, 0.25) is 0 Å². The molecule has 2 aromatic rings. The van der Waals surface area contributed by atoms with Crippen molar-refractivity contribution < 1.29 is 9.18 Å². The molecule has 5 nitrogen and oxygen atoms in total. The highest BCUT2D eigenvalue weighted by atomic mass is 19.1. The van der Waals surface area contributed by atoms with E-state index in [0.29, 0.717) is 19.1 Å². The van der Waals surface area contributed by atoms with Gasteiger partial charge in [0.25, 0.3) is 0 Å². The van der Waals surface area contributed by atoms with Crippen LogP contribution in [0.2, 0.25) is 0 Å². The van der Waals surface area contributed by atoms with Crippen LogP contribution in [0, 0.1) is 5.82 Å². The number of hydrogen-bond acceptors (Lipinski definition) is 3. The summed E-state index contributed by atoms with van der Waals surface area (Å²) >= 11 is 0. The van der Waals surface area contributed by atoms with Gasteiger partial charge in [0.05, 0.1) is 0 Å². The summed E-state index contributed by atoms with van der Waals surface area (Å²) in [6.45, 7) is 4.93. The van der Waals surface area contributed by atoms with Crippen LogP contribution in [0.15, 0.2) is 48.5 Å². The maximum absolute atomic E-state index is 14.0. The number of rotatable bonds is 6. The second kappa shape index (κ2) is 8.93. The number of amides is 2. The molecule has 29 heavy (non-hydrogen) atoms. The van der Waals surface area contributed by atoms with Gasteiger partial charge in [-0.2, -0.15) is 0 Å². The lowest BCUT2D eigenvalue weighted by atomic mass is 10.0. The molecule has 1 atom stereocenters. The molecule has 2 aliphatic heterocycles. The number of likely N-dealkylation sites (N-methyl/N-ethyl adjacent to an activating group) is 1. The number of hydrogen-bond donors (Lipinski definition) is 1. The van der Waals surface area contributed by atoms with Crippen LogP contribution in [0.3, 0.4) is 0 Å². The van der Waals surface area contributed by atoms with Gasteiger partial charge in [-0.1, -0.05) is 30.3 Å². The van der Waals surface area contributed by atoms with Crippen molar-refractivity contribution in [3.05, 3.63) is 65.5 Å². The number of nitrogens with zero attached hydrogens (tertiary/aromatic N) is 3. The molecule has 6 heteroatoms. The van der Waals surface area contributed by atoms with Crippen LogP contribution >= 0.6 is 0 Å². The summed E-state index contributed by atoms with van der Waals surface area (Å²) < 4.78 is 14.0. The van der Waals surface area contributed by atoms with Crippen molar-refractivity contribution in [1.29, 1.82) is 0 Å². The molecular formula is C23H29FN4O. The molecule has 0 aliphatic carbocycles. The minimum absolute atomic E-state index is 0.0213. The van der Waals surface area contributed by atoms with Crippen molar-refractivity contribution in [3.63, 3.8) is 0 Å². The molecular weight excluding hydrogens is 367 g/mol. The van der Waals surface area contributed by atoms with E-state index in [1.54, 1.807) is 17.0 Å². The fraction of sp³-hybridized carbons (Fsp3) is 0.435. The third-order valence-corrected chi connectivity index (χ3v) is 5.99. The minimum Gasteiger partial charge on any atom is -0.336 e. The molecule has 2 saturated heterocycles. The number of anilines is 1. The van der Waals surface area contributed by atoms with E-state index >= 15 is 0 Å². The molecule has 2 aliphatic rings. The number of likely N-dealkylation sites (tertiary alicyclic amines) is 1. The molecule has 2 amide bonds. The van der Waals surface area contributed by atoms with Gasteiger partial charge >= 0.3 is 6.03 Å². The molecule has 1 N–H and O–H groups in total. The number of urea groups is 1. The van der Waals surface area contributed by atoms with Crippen LogP contribution < -0.4 is 10.2 Å². The Labute approximate surface area is 172 Å². The normalized spacial score (nSPS) is 20.3. The number of carbonyl (C=O) groups excluding carboxylic acids is 1. The van der Waals surface area contributed by atoms with Gasteiger partial charge in [-0.3, -0.25) is 14.7 Å². The Morgan fingerprint density at radius 2 is 1.93 bits per heavy atom. The highest BCUT2D eigenvalue weighted by Gasteiger charge is 2.24. The molecule has 0 spiro atoms. The van der Waals surface area contributed by atoms with Gasteiger partial charge in [-0.15, -0.1) is 0 Å². The quantitative estimate of drug-likeness (QED) is 0.813. The number of halogens is 1. The van der Waals surface area contributed by atoms with Crippen molar-refractivity contribution in [2.24, 2.45) is 0 Å². The fourth-order valence-corrected chi connectivity index (χ4v) is 4.32. The van der Waals surface area contributed by atoms with Crippen LogP contribution in [0.25, 0.3) is 0 Å². The average Bonchev–Trinajstić information content (AvgIpc) is 3.16. The van der Waals surface area contributed by atoms with Crippen molar-refractivity contribution in [1.82, 2.24) is 15.1 Å². The summed E-state index contributed by atoms with van der Waals surface area (Å²) in [5.41, 5.74) is 2.96. The lowest BCUT2D eigenvalue weighted by molar-refractivity contribution is 0.106. The van der Waals surface area contributed by atoms with E-state index in [4.69, 9.17) is 0 Å². The van der Waals surface area contributed by atoms with Crippen molar-refractivity contribution in [2.45, 2.75) is 32.0 Å². The Bertz CT molecular complexity index is 841. The fourth-order valence-electron chi connectivity index (χ4n) is 4.32. The van der Waals surface area contributed by atoms with E-state index < -0.39 is 0 Å². The predicted molar refractivity (Wildman–Crippen MR) is 113 cm³/mol. The van der Waals surface area contributed by atoms with Gasteiger partial charge in [0.15, 0.2) is 0 Å². The minimum atomic E-state index is -0.116. The molecule has 0 radical (unpaired) electrons. The van der Waals surface area contributed by atoms with Gasteiger partial charge in [-0.25, -0.2) is 9.18 Å². The van der Waals surface area contributed by atoms with E-state index in [9.17, 15) is 9.18 Å². The molecule has 2 fully saturated rings. The van der Waals surface area contributed by atoms with Gasteiger partial charge < -0.3 is 5.32 Å². The van der Waals surface area contributed by atoms with Gasteiger partial charge in [0.1, 0.15) is 5.82 Å². The Morgan fingerprint density at radius 3 is 2.66 bits per heavy atom. The first-order valence-corrected chi connectivity index (χ1v) is 10.4. The second-order valence-corrected chi connectivity index (χ2v) is 8.09. The van der Waals surface area contributed by atoms with Gasteiger partial charge in [-0.05, 0) is 50.2 Å². The lowest BCUT2D eigenvalue weighted by Crippen LogP contribution is -2.45. The Balaban J connectivity index is 1.33. The lowest BCUT2D eigenvalue weighted by Gasteiger charge is -2.37. The maximum atomic E-state index is 14.0. The molecule has 0 aromatic heterocycles. The van der Waals surface area contributed by atoms with Gasteiger partial charge in [0, 0.05) is 50.0 Å². The number of nitrogens with one attached hydrogen (secondary N) is 1. The van der Waals surface area contributed by atoms with Crippen LogP contribution in [0.5, 0.6) is 0 Å². The van der Waals surface area contributed by atoms with Crippen LogP contribution in [-0.2, 0) is 13.1 Å². The topological polar surface area (TPSA) is 38.8 Å². The SMILES string of the molecule is CN(Cc1ccc(N2CCNC2=O)cc1)[C@@H]1CCCN(Cc2ccccc2F)C1.